The van der Waals surface area contributed by atoms with E-state index in [-0.39, 0.29) is 0 Å². The number of aromatic nitrogens is 1. The van der Waals surface area contributed by atoms with Crippen LogP contribution in [0.1, 0.15) is 0 Å². The molecule has 1 N–H and O–H groups in total. The molecule has 1 heterocycles. The molecule has 2 aromatic rings. The second-order valence-electron chi connectivity index (χ2n) is 3.23. The molecule has 0 unspecified atom stereocenters. The Bertz CT molecular complexity index is 560. The lowest BCUT2D eigenvalue weighted by Crippen LogP contribution is -1.95. The number of nitrogens with zero attached hydrogens (tertiary/aromatic N) is 1. The van der Waals surface area contributed by atoms with E-state index in [2.05, 4.69) is 58.1 Å². The minimum Gasteiger partial charge on any atom is -0.338 e. The number of hydrogen-bond donors (Lipinski definition) is 1. The van der Waals surface area contributed by atoms with Crippen molar-refractivity contribution in [2.75, 3.05) is 5.32 Å². The van der Waals surface area contributed by atoms with Crippen LogP contribution in [0.25, 0.3) is 0 Å². The molecule has 0 saturated heterocycles. The molecule has 1 aromatic heterocycles. The van der Waals surface area contributed by atoms with E-state index in [1.54, 1.807) is 12.3 Å². The van der Waals surface area contributed by atoms with Gasteiger partial charge in [0.15, 0.2) is 0 Å². The standard InChI is InChI=1S/C11H6Br3ClN2/c12-6-1-2-8(13)10(3-6)17-11-9(14)4-7(15)5-16-11/h1-5H,(H,16,17). The molecule has 0 bridgehead atoms. The Kier molecular flexibility index (Phi) is 4.47. The zero-order chi connectivity index (χ0) is 12.4. The molecule has 0 fully saturated rings. The molecule has 6 heteroatoms. The monoisotopic (exact) mass is 438 g/mol. The van der Waals surface area contributed by atoms with Gasteiger partial charge in [-0.3, -0.25) is 0 Å². The van der Waals surface area contributed by atoms with Crippen LogP contribution in [-0.4, -0.2) is 4.98 Å². The van der Waals surface area contributed by atoms with E-state index in [0.717, 1.165) is 19.1 Å². The third kappa shape index (κ3) is 3.44. The van der Waals surface area contributed by atoms with Crippen molar-refractivity contribution in [2.24, 2.45) is 0 Å². The normalized spacial score (nSPS) is 10.4. The lowest BCUT2D eigenvalue weighted by atomic mass is 10.3. The maximum absolute atomic E-state index is 5.84. The first kappa shape index (κ1) is 13.3. The molecule has 0 spiro atoms. The van der Waals surface area contributed by atoms with E-state index < -0.39 is 0 Å². The molecular formula is C11H6Br3ClN2. The summed E-state index contributed by atoms with van der Waals surface area (Å²) in [5, 5.41) is 3.81. The minimum absolute atomic E-state index is 0.593. The quantitative estimate of drug-likeness (QED) is 0.641. The van der Waals surface area contributed by atoms with E-state index in [9.17, 15) is 0 Å². The van der Waals surface area contributed by atoms with Gasteiger partial charge in [0.1, 0.15) is 5.82 Å². The average Bonchev–Trinajstić information content (AvgIpc) is 2.27. The second kappa shape index (κ2) is 5.69. The molecule has 2 nitrogen and oxygen atoms in total. The van der Waals surface area contributed by atoms with Crippen LogP contribution in [0.3, 0.4) is 0 Å². The van der Waals surface area contributed by atoms with Crippen LogP contribution in [0.4, 0.5) is 11.5 Å². The number of benzene rings is 1. The Balaban J connectivity index is 2.34. The van der Waals surface area contributed by atoms with Gasteiger partial charge in [-0.05, 0) is 56.1 Å². The molecule has 0 atom stereocenters. The van der Waals surface area contributed by atoms with Gasteiger partial charge in [-0.25, -0.2) is 4.98 Å². The zero-order valence-electron chi connectivity index (χ0n) is 8.35. The van der Waals surface area contributed by atoms with Gasteiger partial charge in [-0.15, -0.1) is 0 Å². The van der Waals surface area contributed by atoms with Crippen molar-refractivity contribution in [3.8, 4) is 0 Å². The van der Waals surface area contributed by atoms with Gasteiger partial charge in [-0.1, -0.05) is 27.5 Å². The first-order valence-electron chi connectivity index (χ1n) is 4.59. The SMILES string of the molecule is Clc1cnc(Nc2cc(Br)ccc2Br)c(Br)c1. The van der Waals surface area contributed by atoms with Crippen LogP contribution in [0, 0.1) is 0 Å². The fourth-order valence-electron chi connectivity index (χ4n) is 1.23. The van der Waals surface area contributed by atoms with E-state index >= 15 is 0 Å². The number of hydrogen-bond acceptors (Lipinski definition) is 2. The summed E-state index contributed by atoms with van der Waals surface area (Å²) in [6.07, 6.45) is 1.60. The van der Waals surface area contributed by atoms with Gasteiger partial charge >= 0.3 is 0 Å². The second-order valence-corrected chi connectivity index (χ2v) is 6.29. The topological polar surface area (TPSA) is 24.9 Å². The van der Waals surface area contributed by atoms with Crippen LogP contribution in [0.15, 0.2) is 43.9 Å². The minimum atomic E-state index is 0.593. The van der Waals surface area contributed by atoms with E-state index in [0.29, 0.717) is 10.8 Å². The molecule has 17 heavy (non-hydrogen) atoms. The summed E-state index contributed by atoms with van der Waals surface area (Å²) in [4.78, 5) is 4.22. The predicted octanol–water partition coefficient (Wildman–Crippen LogP) is 5.77. The Morgan fingerprint density at radius 2 is 1.82 bits per heavy atom. The lowest BCUT2D eigenvalue weighted by molar-refractivity contribution is 1.29. The summed E-state index contributed by atoms with van der Waals surface area (Å²) in [7, 11) is 0. The molecule has 2 rings (SSSR count). The summed E-state index contributed by atoms with van der Waals surface area (Å²) < 4.78 is 2.77. The van der Waals surface area contributed by atoms with Crippen molar-refractivity contribution in [1.29, 1.82) is 0 Å². The van der Waals surface area contributed by atoms with Gasteiger partial charge in [0.2, 0.25) is 0 Å². The van der Waals surface area contributed by atoms with E-state index in [1.807, 2.05) is 18.2 Å². The summed E-state index contributed by atoms with van der Waals surface area (Å²) in [5.41, 5.74) is 0.926. The Morgan fingerprint density at radius 3 is 2.53 bits per heavy atom. The molecule has 0 amide bonds. The van der Waals surface area contributed by atoms with E-state index in [1.165, 1.54) is 0 Å². The maximum Gasteiger partial charge on any atom is 0.144 e. The van der Waals surface area contributed by atoms with Gasteiger partial charge in [0.05, 0.1) is 15.2 Å². The number of halogens is 4. The largest absolute Gasteiger partial charge is 0.338 e. The van der Waals surface area contributed by atoms with Gasteiger partial charge in [-0.2, -0.15) is 0 Å². The fourth-order valence-corrected chi connectivity index (χ4v) is 2.67. The molecule has 0 radical (unpaired) electrons. The summed E-state index contributed by atoms with van der Waals surface area (Å²) in [5.74, 6) is 0.716. The summed E-state index contributed by atoms with van der Waals surface area (Å²) in [6, 6.07) is 7.67. The highest BCUT2D eigenvalue weighted by Crippen LogP contribution is 2.31. The number of rotatable bonds is 2. The van der Waals surface area contributed by atoms with Gasteiger partial charge < -0.3 is 5.32 Å². The first-order chi connectivity index (χ1) is 8.06. The van der Waals surface area contributed by atoms with Crippen molar-refractivity contribution >= 4 is 70.9 Å². The molecule has 0 saturated carbocycles. The van der Waals surface area contributed by atoms with Crippen LogP contribution < -0.4 is 5.32 Å². The zero-order valence-corrected chi connectivity index (χ0v) is 13.9. The third-order valence-electron chi connectivity index (χ3n) is 1.99. The smallest absolute Gasteiger partial charge is 0.144 e. The molecule has 1 aromatic carbocycles. The van der Waals surface area contributed by atoms with Gasteiger partial charge in [0, 0.05) is 15.1 Å². The molecular weight excluding hydrogens is 435 g/mol. The average molecular weight is 441 g/mol. The Hall–Kier alpha value is -0.100. The van der Waals surface area contributed by atoms with Crippen LogP contribution >= 0.6 is 59.4 Å². The molecule has 88 valence electrons. The van der Waals surface area contributed by atoms with Crippen LogP contribution in [0.2, 0.25) is 5.02 Å². The van der Waals surface area contributed by atoms with Crippen LogP contribution in [0.5, 0.6) is 0 Å². The number of anilines is 2. The molecule has 0 aliphatic carbocycles. The fraction of sp³-hybridized carbons (Fsp3) is 0. The highest BCUT2D eigenvalue weighted by molar-refractivity contribution is 9.11. The predicted molar refractivity (Wildman–Crippen MR) is 82.1 cm³/mol. The number of nitrogens with one attached hydrogen (secondary N) is 1. The third-order valence-corrected chi connectivity index (χ3v) is 3.99. The highest BCUT2D eigenvalue weighted by atomic mass is 79.9. The molecule has 0 aliphatic rings. The Morgan fingerprint density at radius 1 is 1.06 bits per heavy atom. The van der Waals surface area contributed by atoms with Crippen molar-refractivity contribution in [2.45, 2.75) is 0 Å². The van der Waals surface area contributed by atoms with E-state index in [4.69, 9.17) is 11.6 Å². The van der Waals surface area contributed by atoms with Crippen LogP contribution in [-0.2, 0) is 0 Å². The highest BCUT2D eigenvalue weighted by Gasteiger charge is 2.06. The molecule has 0 aliphatic heterocycles. The first-order valence-corrected chi connectivity index (χ1v) is 7.35. The summed E-state index contributed by atoms with van der Waals surface area (Å²) >= 11 is 16.2. The lowest BCUT2D eigenvalue weighted by Gasteiger charge is -2.10. The summed E-state index contributed by atoms with van der Waals surface area (Å²) in [6.45, 7) is 0. The maximum atomic E-state index is 5.84. The van der Waals surface area contributed by atoms with Gasteiger partial charge in [0.25, 0.3) is 0 Å². The van der Waals surface area contributed by atoms with Crippen molar-refractivity contribution in [3.63, 3.8) is 0 Å². The Labute approximate surface area is 129 Å². The van der Waals surface area contributed by atoms with Crippen molar-refractivity contribution < 1.29 is 0 Å². The van der Waals surface area contributed by atoms with Crippen molar-refractivity contribution in [1.82, 2.24) is 4.98 Å². The van der Waals surface area contributed by atoms with Crippen molar-refractivity contribution in [3.05, 3.63) is 48.9 Å². The number of pyridine rings is 1.